The van der Waals surface area contributed by atoms with Gasteiger partial charge in [0.15, 0.2) is 0 Å². The van der Waals surface area contributed by atoms with Crippen LogP contribution in [0.1, 0.15) is 0 Å². The fourth-order valence-electron chi connectivity index (χ4n) is 1.64. The number of benzene rings is 2. The molecule has 0 aliphatic rings. The number of hydrogen-bond donors (Lipinski definition) is 2. The second-order valence-corrected chi connectivity index (χ2v) is 6.24. The largest absolute Gasteiger partial charge is 0.374 e. The van der Waals surface area contributed by atoms with Crippen molar-refractivity contribution in [2.75, 3.05) is 17.2 Å². The molecule has 0 bridgehead atoms. The van der Waals surface area contributed by atoms with Crippen LogP contribution in [0.2, 0.25) is 5.02 Å². The van der Waals surface area contributed by atoms with Crippen molar-refractivity contribution in [3.63, 3.8) is 0 Å². The van der Waals surface area contributed by atoms with Crippen molar-refractivity contribution >= 4 is 60.7 Å². The Labute approximate surface area is 143 Å². The Kier molecular flexibility index (Phi) is 5.61. The summed E-state index contributed by atoms with van der Waals surface area (Å²) in [6.07, 6.45) is 0. The zero-order chi connectivity index (χ0) is 15.4. The van der Waals surface area contributed by atoms with Gasteiger partial charge in [-0.3, -0.25) is 4.79 Å². The van der Waals surface area contributed by atoms with Gasteiger partial charge in [-0.15, -0.1) is 0 Å². The first kappa shape index (κ1) is 16.3. The predicted molar refractivity (Wildman–Crippen MR) is 90.4 cm³/mol. The van der Waals surface area contributed by atoms with Gasteiger partial charge < -0.3 is 10.6 Å². The van der Waals surface area contributed by atoms with E-state index in [2.05, 4.69) is 42.5 Å². The maximum Gasteiger partial charge on any atom is 0.243 e. The number of carbonyl (C=O) groups is 1. The van der Waals surface area contributed by atoms with E-state index in [1.165, 1.54) is 12.1 Å². The van der Waals surface area contributed by atoms with Crippen molar-refractivity contribution in [3.05, 3.63) is 56.2 Å². The second kappa shape index (κ2) is 7.24. The van der Waals surface area contributed by atoms with Gasteiger partial charge in [0.1, 0.15) is 5.82 Å². The highest BCUT2D eigenvalue weighted by Gasteiger charge is 2.10. The number of halogens is 4. The number of para-hydroxylation sites is 1. The summed E-state index contributed by atoms with van der Waals surface area (Å²) < 4.78 is 14.4. The number of amides is 1. The molecule has 21 heavy (non-hydrogen) atoms. The molecule has 0 radical (unpaired) electrons. The third-order valence-corrected chi connectivity index (χ3v) is 4.20. The monoisotopic (exact) mass is 434 g/mol. The Morgan fingerprint density at radius 2 is 1.90 bits per heavy atom. The third-order valence-electron chi connectivity index (χ3n) is 2.58. The number of carbonyl (C=O) groups excluding carboxylic acids is 1. The van der Waals surface area contributed by atoms with Crippen LogP contribution in [0.5, 0.6) is 0 Å². The number of hydrogen-bond acceptors (Lipinski definition) is 2. The van der Waals surface area contributed by atoms with E-state index in [1.54, 1.807) is 6.07 Å². The molecule has 2 aromatic carbocycles. The standard InChI is InChI=1S/C14H10Br2ClFN2O/c15-9-3-1-2-4-12(9)20-13(21)7-19-14-10(16)5-8(18)6-11(14)17/h1-6,19H,7H2,(H,20,21). The van der Waals surface area contributed by atoms with Crippen LogP contribution in [0.15, 0.2) is 45.3 Å². The minimum absolute atomic E-state index is 0.00524. The lowest BCUT2D eigenvalue weighted by atomic mass is 10.3. The van der Waals surface area contributed by atoms with Gasteiger partial charge in [-0.05, 0) is 56.1 Å². The maximum absolute atomic E-state index is 13.1. The van der Waals surface area contributed by atoms with Crippen molar-refractivity contribution in [2.45, 2.75) is 0 Å². The predicted octanol–water partition coefficient (Wildman–Crippen LogP) is 5.05. The van der Waals surface area contributed by atoms with Gasteiger partial charge in [-0.25, -0.2) is 4.39 Å². The maximum atomic E-state index is 13.1. The highest BCUT2D eigenvalue weighted by molar-refractivity contribution is 9.11. The molecule has 2 rings (SSSR count). The lowest BCUT2D eigenvalue weighted by molar-refractivity contribution is -0.114. The van der Waals surface area contributed by atoms with Crippen LogP contribution in [0.4, 0.5) is 15.8 Å². The molecular weight excluding hydrogens is 426 g/mol. The molecule has 0 heterocycles. The molecule has 0 aromatic heterocycles. The zero-order valence-electron chi connectivity index (χ0n) is 10.6. The molecule has 0 fully saturated rings. The minimum Gasteiger partial charge on any atom is -0.374 e. The first-order valence-corrected chi connectivity index (χ1v) is 7.86. The molecule has 110 valence electrons. The van der Waals surface area contributed by atoms with E-state index in [9.17, 15) is 9.18 Å². The summed E-state index contributed by atoms with van der Waals surface area (Å²) in [5.74, 6) is -0.690. The lowest BCUT2D eigenvalue weighted by Crippen LogP contribution is -2.22. The Morgan fingerprint density at radius 1 is 1.19 bits per heavy atom. The summed E-state index contributed by atoms with van der Waals surface area (Å²) in [5.41, 5.74) is 1.15. The lowest BCUT2D eigenvalue weighted by Gasteiger charge is -2.11. The van der Waals surface area contributed by atoms with Crippen LogP contribution < -0.4 is 10.6 Å². The summed E-state index contributed by atoms with van der Waals surface area (Å²) >= 11 is 12.5. The SMILES string of the molecule is O=C(CNc1c(Cl)cc(F)cc1Br)Nc1ccccc1Br. The summed E-state index contributed by atoms with van der Waals surface area (Å²) in [6, 6.07) is 9.74. The van der Waals surface area contributed by atoms with Crippen LogP contribution in [0, 0.1) is 5.82 Å². The molecule has 0 spiro atoms. The van der Waals surface area contributed by atoms with Gasteiger partial charge in [0.05, 0.1) is 22.9 Å². The van der Waals surface area contributed by atoms with Crippen molar-refractivity contribution in [1.82, 2.24) is 0 Å². The molecule has 0 aliphatic carbocycles. The fraction of sp³-hybridized carbons (Fsp3) is 0.0714. The summed E-state index contributed by atoms with van der Waals surface area (Å²) in [6.45, 7) is 0.00524. The third kappa shape index (κ3) is 4.43. The number of rotatable bonds is 4. The summed E-state index contributed by atoms with van der Waals surface area (Å²) in [5, 5.41) is 5.83. The molecule has 0 aliphatic heterocycles. The van der Waals surface area contributed by atoms with E-state index in [4.69, 9.17) is 11.6 Å². The van der Waals surface area contributed by atoms with Crippen LogP contribution in [0.25, 0.3) is 0 Å². The topological polar surface area (TPSA) is 41.1 Å². The minimum atomic E-state index is -0.449. The highest BCUT2D eigenvalue weighted by atomic mass is 79.9. The normalized spacial score (nSPS) is 10.3. The van der Waals surface area contributed by atoms with Crippen molar-refractivity contribution in [3.8, 4) is 0 Å². The highest BCUT2D eigenvalue weighted by Crippen LogP contribution is 2.31. The van der Waals surface area contributed by atoms with Crippen LogP contribution >= 0.6 is 43.5 Å². The van der Waals surface area contributed by atoms with E-state index in [1.807, 2.05) is 18.2 Å². The molecule has 0 saturated heterocycles. The second-order valence-electron chi connectivity index (χ2n) is 4.13. The molecule has 3 nitrogen and oxygen atoms in total. The molecule has 2 aromatic rings. The van der Waals surface area contributed by atoms with Crippen molar-refractivity contribution < 1.29 is 9.18 Å². The molecule has 7 heteroatoms. The van der Waals surface area contributed by atoms with E-state index in [-0.39, 0.29) is 17.5 Å². The average Bonchev–Trinajstić information content (AvgIpc) is 2.40. The van der Waals surface area contributed by atoms with Gasteiger partial charge in [0, 0.05) is 8.95 Å². The quantitative estimate of drug-likeness (QED) is 0.704. The molecule has 0 atom stereocenters. The van der Waals surface area contributed by atoms with E-state index in [0.717, 1.165) is 4.47 Å². The Bertz CT molecular complexity index is 659. The van der Waals surface area contributed by atoms with Crippen LogP contribution in [0.3, 0.4) is 0 Å². The van der Waals surface area contributed by atoms with Gasteiger partial charge in [0.25, 0.3) is 0 Å². The first-order valence-electron chi connectivity index (χ1n) is 5.90. The van der Waals surface area contributed by atoms with Gasteiger partial charge >= 0.3 is 0 Å². The first-order chi connectivity index (χ1) is 9.97. The van der Waals surface area contributed by atoms with Gasteiger partial charge in [-0.1, -0.05) is 23.7 Å². The van der Waals surface area contributed by atoms with E-state index >= 15 is 0 Å². The summed E-state index contributed by atoms with van der Waals surface area (Å²) in [7, 11) is 0. The molecular formula is C14H10Br2ClFN2O. The fourth-order valence-corrected chi connectivity index (χ4v) is 2.98. The van der Waals surface area contributed by atoms with Gasteiger partial charge in [-0.2, -0.15) is 0 Å². The van der Waals surface area contributed by atoms with Crippen molar-refractivity contribution in [1.29, 1.82) is 0 Å². The Hall–Kier alpha value is -1.11. The van der Waals surface area contributed by atoms with Crippen molar-refractivity contribution in [2.24, 2.45) is 0 Å². The average molecular weight is 437 g/mol. The molecule has 1 amide bonds. The Morgan fingerprint density at radius 3 is 2.57 bits per heavy atom. The number of anilines is 2. The van der Waals surface area contributed by atoms with Crippen LogP contribution in [-0.4, -0.2) is 12.5 Å². The van der Waals surface area contributed by atoms with Crippen LogP contribution in [-0.2, 0) is 4.79 Å². The smallest absolute Gasteiger partial charge is 0.243 e. The van der Waals surface area contributed by atoms with E-state index in [0.29, 0.717) is 15.8 Å². The molecule has 2 N–H and O–H groups in total. The number of nitrogens with one attached hydrogen (secondary N) is 2. The Balaban J connectivity index is 2.01. The zero-order valence-corrected chi connectivity index (χ0v) is 14.5. The summed E-state index contributed by atoms with van der Waals surface area (Å²) in [4.78, 5) is 11.9. The molecule has 0 unspecified atom stereocenters. The van der Waals surface area contributed by atoms with Gasteiger partial charge in [0.2, 0.25) is 5.91 Å². The molecule has 0 saturated carbocycles. The van der Waals surface area contributed by atoms with E-state index < -0.39 is 5.82 Å².